The molecule has 0 aliphatic carbocycles. The third kappa shape index (κ3) is 5.21. The summed E-state index contributed by atoms with van der Waals surface area (Å²) >= 11 is 13.1. The van der Waals surface area contributed by atoms with Crippen molar-refractivity contribution in [3.63, 3.8) is 0 Å². The summed E-state index contributed by atoms with van der Waals surface area (Å²) in [6.07, 6.45) is 7.65. The molecule has 1 N–H and O–H groups in total. The van der Waals surface area contributed by atoms with Crippen LogP contribution in [0, 0.1) is 11.3 Å². The van der Waals surface area contributed by atoms with Gasteiger partial charge in [-0.3, -0.25) is 4.40 Å². The van der Waals surface area contributed by atoms with E-state index in [0.717, 1.165) is 60.5 Å². The van der Waals surface area contributed by atoms with Crippen molar-refractivity contribution >= 4 is 57.9 Å². The maximum Gasteiger partial charge on any atom is 0.211 e. The minimum absolute atomic E-state index is 0.110. The number of nitrogens with zero attached hydrogens (tertiary/aromatic N) is 4. The Kier molecular flexibility index (Phi) is 7.72. The van der Waals surface area contributed by atoms with E-state index in [0.29, 0.717) is 22.5 Å². The van der Waals surface area contributed by atoms with Gasteiger partial charge in [0.2, 0.25) is 5.95 Å². The highest BCUT2D eigenvalue weighted by Crippen LogP contribution is 2.44. The standard InChI is InChI=1S/C25H31Cl2N5O2S2/c1-24(2,3)36(33)30-13-17-15-34-16-25(17)7-10-31(11-8-25)23-29-14-20(22-28-9-12-32(22)23)35-19-6-4-5-18(26)21(19)27/h4-6,9,12,14,17,30H,7-8,10-11,13,15-16H2,1-3H3/t17-,36-/m1/s1. The predicted molar refractivity (Wildman–Crippen MR) is 148 cm³/mol. The third-order valence-electron chi connectivity index (χ3n) is 7.14. The molecule has 194 valence electrons. The van der Waals surface area contributed by atoms with Crippen molar-refractivity contribution in [3.8, 4) is 0 Å². The first kappa shape index (κ1) is 26.4. The zero-order valence-electron chi connectivity index (χ0n) is 20.7. The smallest absolute Gasteiger partial charge is 0.211 e. The topological polar surface area (TPSA) is 77.8 Å². The van der Waals surface area contributed by atoms with E-state index in [2.05, 4.69) is 19.0 Å². The van der Waals surface area contributed by atoms with E-state index in [1.54, 1.807) is 12.3 Å². The average Bonchev–Trinajstić information content (AvgIpc) is 3.49. The van der Waals surface area contributed by atoms with E-state index in [9.17, 15) is 4.55 Å². The number of nitrogens with one attached hydrogen (secondary N) is 1. The number of hydrogen-bond acceptors (Lipinski definition) is 7. The highest BCUT2D eigenvalue weighted by Gasteiger charge is 2.47. The van der Waals surface area contributed by atoms with Gasteiger partial charge in [0, 0.05) is 65.8 Å². The number of imidazole rings is 1. The molecule has 2 aliphatic heterocycles. The van der Waals surface area contributed by atoms with Crippen molar-refractivity contribution in [1.82, 2.24) is 19.1 Å². The fraction of sp³-hybridized carbons (Fsp3) is 0.520. The zero-order valence-corrected chi connectivity index (χ0v) is 23.8. The Labute approximate surface area is 229 Å². The van der Waals surface area contributed by atoms with E-state index in [-0.39, 0.29) is 10.2 Å². The van der Waals surface area contributed by atoms with E-state index in [4.69, 9.17) is 32.9 Å². The van der Waals surface area contributed by atoms with Crippen LogP contribution in [0.1, 0.15) is 33.6 Å². The van der Waals surface area contributed by atoms with Crippen molar-refractivity contribution in [2.75, 3.05) is 37.7 Å². The van der Waals surface area contributed by atoms with Gasteiger partial charge in [0.1, 0.15) is 4.75 Å². The van der Waals surface area contributed by atoms with Gasteiger partial charge in [0.05, 0.1) is 28.2 Å². The van der Waals surface area contributed by atoms with Crippen molar-refractivity contribution < 1.29 is 9.29 Å². The van der Waals surface area contributed by atoms with Gasteiger partial charge in [0.15, 0.2) is 5.65 Å². The van der Waals surface area contributed by atoms with Crippen molar-refractivity contribution in [1.29, 1.82) is 0 Å². The first-order valence-corrected chi connectivity index (χ1v) is 14.8. The Bertz CT molecular complexity index is 1230. The second-order valence-corrected chi connectivity index (χ2v) is 14.4. The molecule has 0 unspecified atom stereocenters. The van der Waals surface area contributed by atoms with E-state index in [1.807, 2.05) is 45.3 Å². The van der Waals surface area contributed by atoms with Gasteiger partial charge in [-0.25, -0.2) is 9.97 Å². The number of piperidine rings is 1. The molecule has 1 spiro atoms. The Balaban J connectivity index is 1.30. The number of anilines is 1. The van der Waals surface area contributed by atoms with Gasteiger partial charge in [-0.05, 0) is 45.7 Å². The number of aromatic nitrogens is 3. The molecule has 2 aromatic heterocycles. The molecule has 7 nitrogen and oxygen atoms in total. The first-order valence-electron chi connectivity index (χ1n) is 12.1. The van der Waals surface area contributed by atoms with Gasteiger partial charge in [-0.2, -0.15) is 0 Å². The number of hydrogen-bond donors (Lipinski definition) is 1. The summed E-state index contributed by atoms with van der Waals surface area (Å²) in [5.74, 6) is 1.25. The Morgan fingerprint density at radius 1 is 1.22 bits per heavy atom. The molecule has 2 fully saturated rings. The van der Waals surface area contributed by atoms with Crippen LogP contribution in [0.3, 0.4) is 0 Å². The van der Waals surface area contributed by atoms with Crippen molar-refractivity contribution in [2.45, 2.75) is 48.2 Å². The van der Waals surface area contributed by atoms with Crippen LogP contribution >= 0.6 is 35.0 Å². The minimum Gasteiger partial charge on any atom is -0.598 e. The number of ether oxygens (including phenoxy) is 1. The Morgan fingerprint density at radius 3 is 2.75 bits per heavy atom. The number of rotatable bonds is 6. The van der Waals surface area contributed by atoms with Crippen LogP contribution in [-0.4, -0.2) is 56.5 Å². The molecule has 2 atom stereocenters. The Morgan fingerprint density at radius 2 is 2.00 bits per heavy atom. The summed E-state index contributed by atoms with van der Waals surface area (Å²) in [5, 5.41) is 1.07. The maximum absolute atomic E-state index is 12.5. The van der Waals surface area contributed by atoms with Crippen molar-refractivity contribution in [2.24, 2.45) is 11.3 Å². The number of benzene rings is 1. The minimum atomic E-state index is -1.08. The summed E-state index contributed by atoms with van der Waals surface area (Å²) in [4.78, 5) is 13.6. The molecule has 36 heavy (non-hydrogen) atoms. The fourth-order valence-electron chi connectivity index (χ4n) is 4.94. The van der Waals surface area contributed by atoms with E-state index < -0.39 is 11.4 Å². The van der Waals surface area contributed by atoms with Crippen LogP contribution in [0.15, 0.2) is 46.6 Å². The van der Waals surface area contributed by atoms with Gasteiger partial charge in [0.25, 0.3) is 0 Å². The fourth-order valence-corrected chi connectivity index (χ4v) is 7.13. The lowest BCUT2D eigenvalue weighted by Crippen LogP contribution is -2.49. The molecule has 0 saturated carbocycles. The van der Waals surface area contributed by atoms with Crippen molar-refractivity contribution in [3.05, 3.63) is 46.8 Å². The molecular weight excluding hydrogens is 537 g/mol. The van der Waals surface area contributed by atoms with Crippen LogP contribution < -0.4 is 9.62 Å². The molecule has 5 rings (SSSR count). The summed E-state index contributed by atoms with van der Waals surface area (Å²) in [6.45, 7) is 9.94. The van der Waals surface area contributed by atoms with E-state index >= 15 is 0 Å². The largest absolute Gasteiger partial charge is 0.598 e. The molecule has 1 aromatic carbocycles. The quantitative estimate of drug-likeness (QED) is 0.395. The SMILES string of the molecule is CC(C)(C)[S@@+]([O-])NC[C@@H]1COCC12CCN(c1ncc(Sc3cccc(Cl)c3Cl)c3nccn13)CC2. The second-order valence-electron chi connectivity index (χ2n) is 10.5. The zero-order chi connectivity index (χ0) is 25.5. The van der Waals surface area contributed by atoms with Crippen LogP contribution in [-0.2, 0) is 16.1 Å². The second kappa shape index (κ2) is 10.5. The summed E-state index contributed by atoms with van der Waals surface area (Å²) in [6, 6.07) is 5.62. The highest BCUT2D eigenvalue weighted by atomic mass is 35.5. The Hall–Kier alpha value is -1.20. The van der Waals surface area contributed by atoms with Crippen LogP contribution in [0.2, 0.25) is 10.0 Å². The molecule has 0 bridgehead atoms. The molecule has 4 heterocycles. The lowest BCUT2D eigenvalue weighted by molar-refractivity contribution is 0.125. The van der Waals surface area contributed by atoms with Crippen LogP contribution in [0.25, 0.3) is 5.65 Å². The molecule has 11 heteroatoms. The first-order chi connectivity index (χ1) is 17.2. The lowest BCUT2D eigenvalue weighted by Gasteiger charge is -2.42. The predicted octanol–water partition coefficient (Wildman–Crippen LogP) is 5.47. The lowest BCUT2D eigenvalue weighted by atomic mass is 9.71. The monoisotopic (exact) mass is 567 g/mol. The van der Waals surface area contributed by atoms with Crippen LogP contribution in [0.4, 0.5) is 5.95 Å². The summed E-state index contributed by atoms with van der Waals surface area (Å²) in [7, 11) is 0. The molecule has 2 aliphatic rings. The summed E-state index contributed by atoms with van der Waals surface area (Å²) < 4.78 is 23.5. The number of halogens is 2. The van der Waals surface area contributed by atoms with Gasteiger partial charge >= 0.3 is 0 Å². The normalized spacial score (nSPS) is 20.9. The van der Waals surface area contributed by atoms with Crippen LogP contribution in [0.5, 0.6) is 0 Å². The molecule has 3 aromatic rings. The van der Waals surface area contributed by atoms with Gasteiger partial charge in [-0.1, -0.05) is 41.0 Å². The molecule has 0 radical (unpaired) electrons. The average molecular weight is 569 g/mol. The highest BCUT2D eigenvalue weighted by molar-refractivity contribution is 7.99. The number of fused-ring (bicyclic) bond motifs is 1. The summed E-state index contributed by atoms with van der Waals surface area (Å²) in [5.41, 5.74) is 0.955. The molecular formula is C25H31Cl2N5O2S2. The maximum atomic E-state index is 12.5. The molecule has 0 amide bonds. The van der Waals surface area contributed by atoms with E-state index in [1.165, 1.54) is 11.8 Å². The molecule has 2 saturated heterocycles. The third-order valence-corrected chi connectivity index (χ3v) is 10.7. The van der Waals surface area contributed by atoms with Gasteiger partial charge < -0.3 is 14.2 Å². The van der Waals surface area contributed by atoms with Gasteiger partial charge in [-0.15, -0.1) is 4.72 Å².